The molecule has 4 heteroatoms. The highest BCUT2D eigenvalue weighted by molar-refractivity contribution is 9.10. The van der Waals surface area contributed by atoms with Crippen LogP contribution in [-0.4, -0.2) is 0 Å². The molecular weight excluding hydrogens is 320 g/mol. The first-order valence-corrected chi connectivity index (χ1v) is 7.86. The van der Waals surface area contributed by atoms with E-state index < -0.39 is 0 Å². The standard InChI is InChI=1S/C15H15BrN2S/c1-2-15(12-3-5-13(16)6-4-12)18-9-14-7-11(8-17)10-19-14/h3-7,10,15,18H,2,9H2,1H3. The first-order chi connectivity index (χ1) is 9.22. The first-order valence-electron chi connectivity index (χ1n) is 6.19. The molecule has 98 valence electrons. The van der Waals surface area contributed by atoms with Crippen LogP contribution in [0.4, 0.5) is 0 Å². The highest BCUT2D eigenvalue weighted by atomic mass is 79.9. The van der Waals surface area contributed by atoms with Crippen LogP contribution in [-0.2, 0) is 6.54 Å². The summed E-state index contributed by atoms with van der Waals surface area (Å²) in [5, 5.41) is 14.3. The van der Waals surface area contributed by atoms with Gasteiger partial charge >= 0.3 is 0 Å². The smallest absolute Gasteiger partial charge is 0.100 e. The maximum Gasteiger partial charge on any atom is 0.100 e. The van der Waals surface area contributed by atoms with Gasteiger partial charge in [-0.05, 0) is 30.2 Å². The maximum absolute atomic E-state index is 8.81. The Balaban J connectivity index is 1.99. The molecule has 0 aliphatic rings. The Morgan fingerprint density at radius 2 is 2.11 bits per heavy atom. The van der Waals surface area contributed by atoms with E-state index in [0.717, 1.165) is 23.0 Å². The van der Waals surface area contributed by atoms with E-state index in [0.29, 0.717) is 6.04 Å². The van der Waals surface area contributed by atoms with Gasteiger partial charge < -0.3 is 5.32 Å². The molecule has 0 saturated carbocycles. The van der Waals surface area contributed by atoms with E-state index in [1.54, 1.807) is 11.3 Å². The summed E-state index contributed by atoms with van der Waals surface area (Å²) >= 11 is 5.09. The fourth-order valence-corrected chi connectivity index (χ4v) is 2.97. The molecule has 1 aromatic carbocycles. The Kier molecular flexibility index (Phi) is 5.15. The molecule has 1 unspecified atom stereocenters. The number of hydrogen-bond acceptors (Lipinski definition) is 3. The SMILES string of the molecule is CCC(NCc1cc(C#N)cs1)c1ccc(Br)cc1. The Bertz CT molecular complexity index is 569. The van der Waals surface area contributed by atoms with Gasteiger partial charge in [0.05, 0.1) is 5.56 Å². The summed E-state index contributed by atoms with van der Waals surface area (Å²) < 4.78 is 1.10. The quantitative estimate of drug-likeness (QED) is 0.865. The zero-order valence-corrected chi connectivity index (χ0v) is 13.1. The molecule has 0 amide bonds. The van der Waals surface area contributed by atoms with E-state index in [4.69, 9.17) is 5.26 Å². The summed E-state index contributed by atoms with van der Waals surface area (Å²) in [7, 11) is 0. The van der Waals surface area contributed by atoms with Crippen molar-refractivity contribution in [3.05, 3.63) is 56.2 Å². The zero-order valence-electron chi connectivity index (χ0n) is 10.7. The van der Waals surface area contributed by atoms with Gasteiger partial charge in [0.25, 0.3) is 0 Å². The second-order valence-corrected chi connectivity index (χ2v) is 6.22. The van der Waals surface area contributed by atoms with Crippen LogP contribution in [0, 0.1) is 11.3 Å². The molecular formula is C15H15BrN2S. The van der Waals surface area contributed by atoms with Crippen LogP contribution in [0.1, 0.15) is 35.4 Å². The predicted molar refractivity (Wildman–Crippen MR) is 83.0 cm³/mol. The third-order valence-corrected chi connectivity index (χ3v) is 4.45. The van der Waals surface area contributed by atoms with Crippen molar-refractivity contribution in [3.63, 3.8) is 0 Å². The van der Waals surface area contributed by atoms with Gasteiger partial charge in [-0.1, -0.05) is 35.0 Å². The van der Waals surface area contributed by atoms with E-state index in [2.05, 4.69) is 58.5 Å². The number of rotatable bonds is 5. The van der Waals surface area contributed by atoms with Gasteiger partial charge in [0.2, 0.25) is 0 Å². The average Bonchev–Trinajstić information content (AvgIpc) is 2.89. The Hall–Kier alpha value is -1.15. The predicted octanol–water partition coefficient (Wildman–Crippen LogP) is 4.62. The fourth-order valence-electron chi connectivity index (χ4n) is 1.95. The van der Waals surface area contributed by atoms with Crippen LogP contribution < -0.4 is 5.32 Å². The molecule has 0 bridgehead atoms. The van der Waals surface area contributed by atoms with Crippen molar-refractivity contribution in [1.82, 2.24) is 5.32 Å². The van der Waals surface area contributed by atoms with Crippen LogP contribution in [0.3, 0.4) is 0 Å². The minimum Gasteiger partial charge on any atom is -0.305 e. The van der Waals surface area contributed by atoms with E-state index in [-0.39, 0.29) is 0 Å². The van der Waals surface area contributed by atoms with Crippen molar-refractivity contribution >= 4 is 27.3 Å². The Labute approximate surface area is 126 Å². The number of benzene rings is 1. The summed E-state index contributed by atoms with van der Waals surface area (Å²) in [6.07, 6.45) is 1.04. The second kappa shape index (κ2) is 6.85. The van der Waals surface area contributed by atoms with Crippen LogP contribution in [0.15, 0.2) is 40.2 Å². The molecule has 0 spiro atoms. The fraction of sp³-hybridized carbons (Fsp3) is 0.267. The van der Waals surface area contributed by atoms with Crippen molar-refractivity contribution in [2.75, 3.05) is 0 Å². The van der Waals surface area contributed by atoms with E-state index in [9.17, 15) is 0 Å². The minimum absolute atomic E-state index is 0.348. The van der Waals surface area contributed by atoms with Gasteiger partial charge in [-0.3, -0.25) is 0 Å². The van der Waals surface area contributed by atoms with E-state index >= 15 is 0 Å². The van der Waals surface area contributed by atoms with Gasteiger partial charge in [-0.25, -0.2) is 0 Å². The van der Waals surface area contributed by atoms with Gasteiger partial charge in [-0.15, -0.1) is 11.3 Å². The summed E-state index contributed by atoms with van der Waals surface area (Å²) in [6, 6.07) is 12.9. The molecule has 0 saturated heterocycles. The monoisotopic (exact) mass is 334 g/mol. The number of nitriles is 1. The van der Waals surface area contributed by atoms with Gasteiger partial charge in [0.1, 0.15) is 6.07 Å². The zero-order chi connectivity index (χ0) is 13.7. The van der Waals surface area contributed by atoms with E-state index in [1.165, 1.54) is 10.4 Å². The Morgan fingerprint density at radius 3 is 2.68 bits per heavy atom. The summed E-state index contributed by atoms with van der Waals surface area (Å²) in [4.78, 5) is 1.20. The number of nitrogens with one attached hydrogen (secondary N) is 1. The minimum atomic E-state index is 0.348. The second-order valence-electron chi connectivity index (χ2n) is 4.31. The Morgan fingerprint density at radius 1 is 1.37 bits per heavy atom. The highest BCUT2D eigenvalue weighted by Gasteiger charge is 2.09. The topological polar surface area (TPSA) is 35.8 Å². The van der Waals surface area contributed by atoms with Gasteiger partial charge in [0, 0.05) is 27.3 Å². The maximum atomic E-state index is 8.81. The number of hydrogen-bond donors (Lipinski definition) is 1. The molecule has 2 aromatic rings. The summed E-state index contributed by atoms with van der Waals surface area (Å²) in [5.41, 5.74) is 2.04. The number of halogens is 1. The highest BCUT2D eigenvalue weighted by Crippen LogP contribution is 2.21. The lowest BCUT2D eigenvalue weighted by Gasteiger charge is -2.17. The molecule has 1 aromatic heterocycles. The van der Waals surface area contributed by atoms with Crippen molar-refractivity contribution < 1.29 is 0 Å². The van der Waals surface area contributed by atoms with E-state index in [1.807, 2.05) is 11.4 Å². The third kappa shape index (κ3) is 3.90. The van der Waals surface area contributed by atoms with Gasteiger partial charge in [-0.2, -0.15) is 5.26 Å². The molecule has 1 heterocycles. The molecule has 19 heavy (non-hydrogen) atoms. The van der Waals surface area contributed by atoms with Gasteiger partial charge in [0.15, 0.2) is 0 Å². The molecule has 1 atom stereocenters. The van der Waals surface area contributed by atoms with Crippen molar-refractivity contribution in [3.8, 4) is 6.07 Å². The van der Waals surface area contributed by atoms with Crippen molar-refractivity contribution in [2.45, 2.75) is 25.9 Å². The number of nitrogens with zero attached hydrogens (tertiary/aromatic N) is 1. The molecule has 1 N–H and O–H groups in total. The average molecular weight is 335 g/mol. The van der Waals surface area contributed by atoms with Crippen molar-refractivity contribution in [2.24, 2.45) is 0 Å². The summed E-state index contributed by atoms with van der Waals surface area (Å²) in [5.74, 6) is 0. The van der Waals surface area contributed by atoms with Crippen LogP contribution in [0.25, 0.3) is 0 Å². The first kappa shape index (κ1) is 14.3. The van der Waals surface area contributed by atoms with Crippen LogP contribution >= 0.6 is 27.3 Å². The van der Waals surface area contributed by atoms with Crippen LogP contribution in [0.5, 0.6) is 0 Å². The normalized spacial score (nSPS) is 12.1. The van der Waals surface area contributed by atoms with Crippen LogP contribution in [0.2, 0.25) is 0 Å². The summed E-state index contributed by atoms with van der Waals surface area (Å²) in [6.45, 7) is 2.98. The molecule has 2 rings (SSSR count). The molecule has 0 fully saturated rings. The lowest BCUT2D eigenvalue weighted by molar-refractivity contribution is 0.522. The lowest BCUT2D eigenvalue weighted by Crippen LogP contribution is -2.19. The lowest BCUT2D eigenvalue weighted by atomic mass is 10.0. The number of thiophene rings is 1. The molecule has 0 aliphatic heterocycles. The molecule has 0 aliphatic carbocycles. The molecule has 0 radical (unpaired) electrons. The largest absolute Gasteiger partial charge is 0.305 e. The molecule has 2 nitrogen and oxygen atoms in total. The van der Waals surface area contributed by atoms with Crippen molar-refractivity contribution in [1.29, 1.82) is 5.26 Å². The third-order valence-electron chi connectivity index (χ3n) is 2.99.